The van der Waals surface area contributed by atoms with Crippen LogP contribution in [0, 0.1) is 19.8 Å². The molecule has 0 radical (unpaired) electrons. The van der Waals surface area contributed by atoms with Crippen molar-refractivity contribution < 1.29 is 4.79 Å². The van der Waals surface area contributed by atoms with Crippen molar-refractivity contribution in [1.29, 1.82) is 0 Å². The minimum atomic E-state index is 0.196. The number of carbonyl (C=O) groups excluding carboxylic acids is 1. The third-order valence-electron chi connectivity index (χ3n) is 3.86. The first-order valence-electron chi connectivity index (χ1n) is 6.55. The number of hydrogen-bond acceptors (Lipinski definition) is 1. The van der Waals surface area contributed by atoms with Crippen LogP contribution in [0.15, 0.2) is 18.2 Å². The fourth-order valence-electron chi connectivity index (χ4n) is 2.53. The Morgan fingerprint density at radius 2 is 2.22 bits per heavy atom. The maximum Gasteiger partial charge on any atom is 0.254 e. The van der Waals surface area contributed by atoms with E-state index in [1.807, 2.05) is 24.0 Å². The van der Waals surface area contributed by atoms with Crippen molar-refractivity contribution in [3.63, 3.8) is 0 Å². The third-order valence-corrected chi connectivity index (χ3v) is 4.78. The minimum Gasteiger partial charge on any atom is -0.338 e. The number of piperidine rings is 1. The maximum absolute atomic E-state index is 12.5. The summed E-state index contributed by atoms with van der Waals surface area (Å²) in [6, 6.07) is 5.98. The van der Waals surface area contributed by atoms with Crippen LogP contribution in [-0.2, 0) is 0 Å². The highest BCUT2D eigenvalue weighted by Gasteiger charge is 2.24. The molecule has 1 aromatic rings. The summed E-state index contributed by atoms with van der Waals surface area (Å²) in [6.07, 6.45) is 2.34. The van der Waals surface area contributed by atoms with Crippen molar-refractivity contribution in [2.24, 2.45) is 5.92 Å². The number of benzene rings is 1. The molecule has 1 saturated heterocycles. The summed E-state index contributed by atoms with van der Waals surface area (Å²) < 4.78 is 0. The molecule has 1 aliphatic rings. The van der Waals surface area contributed by atoms with Gasteiger partial charge in [-0.2, -0.15) is 0 Å². The number of likely N-dealkylation sites (tertiary alicyclic amines) is 1. The Morgan fingerprint density at radius 1 is 1.44 bits per heavy atom. The summed E-state index contributed by atoms with van der Waals surface area (Å²) in [5.41, 5.74) is 3.17. The Morgan fingerprint density at radius 3 is 2.94 bits per heavy atom. The average molecular weight is 310 g/mol. The molecule has 2 nitrogen and oxygen atoms in total. The Kier molecular flexibility index (Phi) is 4.44. The molecular weight excluding hydrogens is 290 g/mol. The molecule has 0 bridgehead atoms. The molecule has 1 unspecified atom stereocenters. The van der Waals surface area contributed by atoms with E-state index in [9.17, 15) is 4.79 Å². The predicted molar refractivity (Wildman–Crippen MR) is 78.3 cm³/mol. The molecule has 2 rings (SSSR count). The van der Waals surface area contributed by atoms with Crippen molar-refractivity contribution in [1.82, 2.24) is 4.90 Å². The molecule has 98 valence electrons. The zero-order valence-electron chi connectivity index (χ0n) is 11.1. The van der Waals surface area contributed by atoms with E-state index in [1.54, 1.807) is 0 Å². The third kappa shape index (κ3) is 2.77. The predicted octanol–water partition coefficient (Wildman–Crippen LogP) is 3.55. The van der Waals surface area contributed by atoms with Crippen molar-refractivity contribution in [3.8, 4) is 0 Å². The fourth-order valence-corrected chi connectivity index (χ4v) is 3.06. The number of nitrogens with zero attached hydrogens (tertiary/aromatic N) is 1. The summed E-state index contributed by atoms with van der Waals surface area (Å²) in [5.74, 6) is 0.801. The summed E-state index contributed by atoms with van der Waals surface area (Å²) >= 11 is 3.53. The molecule has 0 saturated carbocycles. The van der Waals surface area contributed by atoms with Crippen molar-refractivity contribution in [2.75, 3.05) is 18.4 Å². The van der Waals surface area contributed by atoms with Crippen LogP contribution < -0.4 is 0 Å². The number of halogens is 1. The summed E-state index contributed by atoms with van der Waals surface area (Å²) in [7, 11) is 0. The monoisotopic (exact) mass is 309 g/mol. The zero-order chi connectivity index (χ0) is 13.1. The van der Waals surface area contributed by atoms with Gasteiger partial charge in [-0.3, -0.25) is 4.79 Å². The highest BCUT2D eigenvalue weighted by atomic mass is 79.9. The van der Waals surface area contributed by atoms with E-state index in [0.717, 1.165) is 36.0 Å². The smallest absolute Gasteiger partial charge is 0.254 e. The van der Waals surface area contributed by atoms with Gasteiger partial charge in [-0.15, -0.1) is 0 Å². The molecule has 0 spiro atoms. The number of hydrogen-bond donors (Lipinski definition) is 0. The molecule has 0 N–H and O–H groups in total. The van der Waals surface area contributed by atoms with E-state index in [-0.39, 0.29) is 5.91 Å². The van der Waals surface area contributed by atoms with Crippen LogP contribution in [-0.4, -0.2) is 29.2 Å². The van der Waals surface area contributed by atoms with E-state index < -0.39 is 0 Å². The highest BCUT2D eigenvalue weighted by molar-refractivity contribution is 9.09. The van der Waals surface area contributed by atoms with Crippen LogP contribution in [0.1, 0.15) is 34.3 Å². The van der Waals surface area contributed by atoms with Gasteiger partial charge in [0.05, 0.1) is 0 Å². The Hall–Kier alpha value is -0.830. The number of rotatable bonds is 2. The number of carbonyl (C=O) groups is 1. The van der Waals surface area contributed by atoms with Crippen LogP contribution in [0.3, 0.4) is 0 Å². The average Bonchev–Trinajstić information content (AvgIpc) is 2.41. The Bertz CT molecular complexity index is 444. The van der Waals surface area contributed by atoms with Crippen LogP contribution in [0.2, 0.25) is 0 Å². The molecular formula is C15H20BrNO. The second-order valence-electron chi connectivity index (χ2n) is 5.16. The molecule has 1 heterocycles. The second-order valence-corrected chi connectivity index (χ2v) is 5.81. The molecule has 3 heteroatoms. The van der Waals surface area contributed by atoms with E-state index in [2.05, 4.69) is 28.9 Å². The topological polar surface area (TPSA) is 20.3 Å². The largest absolute Gasteiger partial charge is 0.338 e. The molecule has 18 heavy (non-hydrogen) atoms. The van der Waals surface area contributed by atoms with Crippen molar-refractivity contribution in [2.45, 2.75) is 26.7 Å². The first-order chi connectivity index (χ1) is 8.63. The molecule has 1 aromatic carbocycles. The van der Waals surface area contributed by atoms with E-state index in [1.165, 1.54) is 12.0 Å². The van der Waals surface area contributed by atoms with Gasteiger partial charge in [0, 0.05) is 24.0 Å². The van der Waals surface area contributed by atoms with Gasteiger partial charge in [-0.25, -0.2) is 0 Å². The normalized spacial score (nSPS) is 19.9. The summed E-state index contributed by atoms with van der Waals surface area (Å²) in [6.45, 7) is 5.88. The molecule has 1 aliphatic heterocycles. The first kappa shape index (κ1) is 13.6. The first-order valence-corrected chi connectivity index (χ1v) is 7.67. The van der Waals surface area contributed by atoms with E-state index in [0.29, 0.717) is 5.92 Å². The Labute approximate surface area is 117 Å². The summed E-state index contributed by atoms with van der Waals surface area (Å²) in [5, 5.41) is 0.990. The van der Waals surface area contributed by atoms with Gasteiger partial charge in [0.2, 0.25) is 0 Å². The lowest BCUT2D eigenvalue weighted by Crippen LogP contribution is -2.40. The van der Waals surface area contributed by atoms with Gasteiger partial charge in [-0.1, -0.05) is 28.1 Å². The lowest BCUT2D eigenvalue weighted by Gasteiger charge is -2.32. The van der Waals surface area contributed by atoms with Gasteiger partial charge in [0.15, 0.2) is 0 Å². The molecule has 1 fully saturated rings. The maximum atomic E-state index is 12.5. The zero-order valence-corrected chi connectivity index (χ0v) is 12.7. The van der Waals surface area contributed by atoms with Crippen LogP contribution in [0.5, 0.6) is 0 Å². The molecule has 0 aliphatic carbocycles. The van der Waals surface area contributed by atoms with Gasteiger partial charge in [0.1, 0.15) is 0 Å². The van der Waals surface area contributed by atoms with E-state index >= 15 is 0 Å². The van der Waals surface area contributed by atoms with Crippen LogP contribution >= 0.6 is 15.9 Å². The molecule has 0 aromatic heterocycles. The highest BCUT2D eigenvalue weighted by Crippen LogP contribution is 2.22. The van der Waals surface area contributed by atoms with Crippen molar-refractivity contribution in [3.05, 3.63) is 34.9 Å². The number of alkyl halides is 1. The van der Waals surface area contributed by atoms with Gasteiger partial charge in [-0.05, 0) is 49.8 Å². The number of aryl methyl sites for hydroxylation is 1. The lowest BCUT2D eigenvalue weighted by atomic mass is 9.97. The Balaban J connectivity index is 2.18. The van der Waals surface area contributed by atoms with Gasteiger partial charge >= 0.3 is 0 Å². The van der Waals surface area contributed by atoms with Crippen LogP contribution in [0.4, 0.5) is 0 Å². The van der Waals surface area contributed by atoms with Gasteiger partial charge < -0.3 is 4.90 Å². The molecule has 1 atom stereocenters. The number of amides is 1. The van der Waals surface area contributed by atoms with Gasteiger partial charge in [0.25, 0.3) is 5.91 Å². The minimum absolute atomic E-state index is 0.196. The van der Waals surface area contributed by atoms with Crippen molar-refractivity contribution >= 4 is 21.8 Å². The standard InChI is InChI=1S/C15H20BrNO/c1-11-5-3-7-14(12(11)2)15(18)17-8-4-6-13(9-16)10-17/h3,5,7,13H,4,6,8-10H2,1-2H3. The fraction of sp³-hybridized carbons (Fsp3) is 0.533. The summed E-state index contributed by atoms with van der Waals surface area (Å²) in [4.78, 5) is 14.6. The molecule has 1 amide bonds. The van der Waals surface area contributed by atoms with Crippen LogP contribution in [0.25, 0.3) is 0 Å². The second kappa shape index (κ2) is 5.87. The van der Waals surface area contributed by atoms with E-state index in [4.69, 9.17) is 0 Å². The quantitative estimate of drug-likeness (QED) is 0.765. The SMILES string of the molecule is Cc1cccc(C(=O)N2CCCC(CBr)C2)c1C. The lowest BCUT2D eigenvalue weighted by molar-refractivity contribution is 0.0685.